The Labute approximate surface area is 157 Å². The second-order valence-corrected chi connectivity index (χ2v) is 5.96. The first-order chi connectivity index (χ1) is 12.8. The summed E-state index contributed by atoms with van der Waals surface area (Å²) in [6, 6.07) is 8.29. The monoisotopic (exact) mass is 392 g/mol. The van der Waals surface area contributed by atoms with Gasteiger partial charge in [-0.2, -0.15) is 0 Å². The maximum atomic E-state index is 12.2. The summed E-state index contributed by atoms with van der Waals surface area (Å²) in [6.45, 7) is 1.44. The highest BCUT2D eigenvalue weighted by Gasteiger charge is 2.26. The van der Waals surface area contributed by atoms with Crippen molar-refractivity contribution in [3.63, 3.8) is 0 Å². The molecule has 1 heterocycles. The van der Waals surface area contributed by atoms with E-state index in [1.807, 2.05) is 0 Å². The van der Waals surface area contributed by atoms with Gasteiger partial charge in [0.2, 0.25) is 6.79 Å². The molecular formula is C17H13ClN2O7. The molecular weight excluding hydrogens is 380 g/mol. The average molecular weight is 393 g/mol. The molecule has 9 nitrogen and oxygen atoms in total. The maximum absolute atomic E-state index is 12.2. The van der Waals surface area contributed by atoms with Crippen LogP contribution >= 0.6 is 11.6 Å². The molecule has 1 amide bonds. The van der Waals surface area contributed by atoms with E-state index in [-0.39, 0.29) is 17.4 Å². The number of nitro groups is 1. The number of hydrogen-bond acceptors (Lipinski definition) is 7. The van der Waals surface area contributed by atoms with Crippen LogP contribution in [0, 0.1) is 10.1 Å². The number of nitrogens with zero attached hydrogens (tertiary/aromatic N) is 1. The van der Waals surface area contributed by atoms with Gasteiger partial charge >= 0.3 is 5.97 Å². The van der Waals surface area contributed by atoms with Crippen LogP contribution in [0.3, 0.4) is 0 Å². The minimum Gasteiger partial charge on any atom is -0.454 e. The highest BCUT2D eigenvalue weighted by Crippen LogP contribution is 2.34. The molecule has 0 saturated heterocycles. The molecule has 0 bridgehead atoms. The summed E-state index contributed by atoms with van der Waals surface area (Å²) >= 11 is 5.79. The SMILES string of the molecule is C[C@H](OC(=O)c1cc(Cl)ccc1[N+](=O)[O-])C(=O)Nc1ccc2c(c1)OCO2. The van der Waals surface area contributed by atoms with Crippen LogP contribution in [0.25, 0.3) is 0 Å². The number of nitro benzene ring substituents is 1. The van der Waals surface area contributed by atoms with Crippen LogP contribution in [-0.4, -0.2) is 29.7 Å². The summed E-state index contributed by atoms with van der Waals surface area (Å²) in [5.41, 5.74) is -0.385. The molecule has 3 rings (SSSR count). The third kappa shape index (κ3) is 4.09. The van der Waals surface area contributed by atoms with E-state index in [1.165, 1.54) is 13.0 Å². The Bertz CT molecular complexity index is 931. The molecule has 1 aliphatic rings. The lowest BCUT2D eigenvalue weighted by Crippen LogP contribution is -2.30. The van der Waals surface area contributed by atoms with Crippen molar-refractivity contribution >= 4 is 34.9 Å². The van der Waals surface area contributed by atoms with Crippen LogP contribution in [-0.2, 0) is 9.53 Å². The van der Waals surface area contributed by atoms with E-state index in [1.54, 1.807) is 18.2 Å². The van der Waals surface area contributed by atoms with Gasteiger partial charge in [0.25, 0.3) is 11.6 Å². The van der Waals surface area contributed by atoms with Gasteiger partial charge in [0.1, 0.15) is 5.56 Å². The quantitative estimate of drug-likeness (QED) is 0.471. The van der Waals surface area contributed by atoms with Crippen molar-refractivity contribution in [1.82, 2.24) is 0 Å². The molecule has 0 radical (unpaired) electrons. The van der Waals surface area contributed by atoms with Gasteiger partial charge < -0.3 is 19.5 Å². The molecule has 0 saturated carbocycles. The molecule has 0 unspecified atom stereocenters. The van der Waals surface area contributed by atoms with Crippen LogP contribution < -0.4 is 14.8 Å². The van der Waals surface area contributed by atoms with Crippen LogP contribution in [0.15, 0.2) is 36.4 Å². The molecule has 2 aromatic rings. The van der Waals surface area contributed by atoms with Crippen molar-refractivity contribution in [1.29, 1.82) is 0 Å². The number of fused-ring (bicyclic) bond motifs is 1. The largest absolute Gasteiger partial charge is 0.454 e. The van der Waals surface area contributed by atoms with Crippen molar-refractivity contribution in [2.24, 2.45) is 0 Å². The van der Waals surface area contributed by atoms with Gasteiger partial charge in [0.15, 0.2) is 17.6 Å². The van der Waals surface area contributed by atoms with Gasteiger partial charge in [0, 0.05) is 22.8 Å². The van der Waals surface area contributed by atoms with Crippen molar-refractivity contribution in [2.45, 2.75) is 13.0 Å². The van der Waals surface area contributed by atoms with Crippen molar-refractivity contribution in [3.05, 3.63) is 57.1 Å². The van der Waals surface area contributed by atoms with Gasteiger partial charge in [-0.05, 0) is 31.2 Å². The van der Waals surface area contributed by atoms with Gasteiger partial charge in [-0.25, -0.2) is 4.79 Å². The lowest BCUT2D eigenvalue weighted by Gasteiger charge is -2.14. The second kappa shape index (κ2) is 7.50. The topological polar surface area (TPSA) is 117 Å². The smallest absolute Gasteiger partial charge is 0.345 e. The number of carbonyl (C=O) groups excluding carboxylic acids is 2. The van der Waals surface area contributed by atoms with Crippen molar-refractivity contribution in [2.75, 3.05) is 12.1 Å². The number of carbonyl (C=O) groups is 2. The zero-order valence-electron chi connectivity index (χ0n) is 13.9. The molecule has 27 heavy (non-hydrogen) atoms. The lowest BCUT2D eigenvalue weighted by molar-refractivity contribution is -0.385. The molecule has 1 N–H and O–H groups in total. The second-order valence-electron chi connectivity index (χ2n) is 5.52. The van der Waals surface area contributed by atoms with Gasteiger partial charge in [-0.1, -0.05) is 11.6 Å². The minimum atomic E-state index is -1.21. The van der Waals surface area contributed by atoms with Crippen molar-refractivity contribution < 1.29 is 28.7 Å². The van der Waals surface area contributed by atoms with Crippen LogP contribution in [0.2, 0.25) is 5.02 Å². The molecule has 0 aliphatic carbocycles. The fraction of sp³-hybridized carbons (Fsp3) is 0.176. The normalized spacial score (nSPS) is 13.0. The zero-order chi connectivity index (χ0) is 19.6. The van der Waals surface area contributed by atoms with Gasteiger partial charge in [-0.15, -0.1) is 0 Å². The predicted octanol–water partition coefficient (Wildman–Crippen LogP) is 3.16. The zero-order valence-corrected chi connectivity index (χ0v) is 14.7. The van der Waals surface area contributed by atoms with E-state index in [2.05, 4.69) is 5.32 Å². The third-order valence-corrected chi connectivity index (χ3v) is 3.90. The number of esters is 1. The lowest BCUT2D eigenvalue weighted by atomic mass is 10.2. The van der Waals surface area contributed by atoms with Crippen LogP contribution in [0.5, 0.6) is 11.5 Å². The number of hydrogen-bond donors (Lipinski definition) is 1. The summed E-state index contributed by atoms with van der Waals surface area (Å²) in [7, 11) is 0. The summed E-state index contributed by atoms with van der Waals surface area (Å²) < 4.78 is 15.4. The first-order valence-corrected chi connectivity index (χ1v) is 8.08. The Kier molecular flexibility index (Phi) is 5.13. The highest BCUT2D eigenvalue weighted by molar-refractivity contribution is 6.31. The highest BCUT2D eigenvalue weighted by atomic mass is 35.5. The van der Waals surface area contributed by atoms with E-state index in [4.69, 9.17) is 25.8 Å². The van der Waals surface area contributed by atoms with E-state index >= 15 is 0 Å². The van der Waals surface area contributed by atoms with Crippen LogP contribution in [0.1, 0.15) is 17.3 Å². The summed E-state index contributed by atoms with van der Waals surface area (Å²) in [6.07, 6.45) is -1.21. The third-order valence-electron chi connectivity index (χ3n) is 3.67. The first kappa shape index (κ1) is 18.5. The van der Waals surface area contributed by atoms with E-state index in [0.717, 1.165) is 12.1 Å². The van der Waals surface area contributed by atoms with Crippen molar-refractivity contribution in [3.8, 4) is 11.5 Å². The number of amides is 1. The average Bonchev–Trinajstić information content (AvgIpc) is 3.08. The van der Waals surface area contributed by atoms with Gasteiger partial charge in [0.05, 0.1) is 4.92 Å². The predicted molar refractivity (Wildman–Crippen MR) is 94.2 cm³/mol. The molecule has 2 aromatic carbocycles. The number of ether oxygens (including phenoxy) is 3. The fourth-order valence-corrected chi connectivity index (χ4v) is 2.50. The Balaban J connectivity index is 1.69. The van der Waals surface area contributed by atoms with Gasteiger partial charge in [-0.3, -0.25) is 14.9 Å². The number of rotatable bonds is 5. The molecule has 0 spiro atoms. The molecule has 10 heteroatoms. The summed E-state index contributed by atoms with van der Waals surface area (Å²) in [4.78, 5) is 34.8. The molecule has 1 atom stereocenters. The Hall–Kier alpha value is -3.33. The van der Waals surface area contributed by atoms with E-state index in [9.17, 15) is 19.7 Å². The molecule has 0 aromatic heterocycles. The summed E-state index contributed by atoms with van der Waals surface area (Å²) in [5.74, 6) is -0.614. The standard InChI is InChI=1S/C17H13ClN2O7/c1-9(16(21)19-11-3-5-14-15(7-11)26-8-25-14)27-17(22)12-6-10(18)2-4-13(12)20(23)24/h2-7,9H,8H2,1H3,(H,19,21)/t9-/m0/s1. The number of anilines is 1. The van der Waals surface area contributed by atoms with Crippen LogP contribution in [0.4, 0.5) is 11.4 Å². The Morgan fingerprint density at radius 2 is 1.96 bits per heavy atom. The first-order valence-electron chi connectivity index (χ1n) is 7.70. The molecule has 0 fully saturated rings. The maximum Gasteiger partial charge on any atom is 0.345 e. The summed E-state index contributed by atoms with van der Waals surface area (Å²) in [5, 5.41) is 13.7. The molecule has 140 valence electrons. The Morgan fingerprint density at radius 3 is 2.70 bits per heavy atom. The Morgan fingerprint density at radius 1 is 1.22 bits per heavy atom. The fourth-order valence-electron chi connectivity index (χ4n) is 2.33. The van der Waals surface area contributed by atoms with E-state index in [0.29, 0.717) is 17.2 Å². The molecule has 1 aliphatic heterocycles. The number of nitrogens with one attached hydrogen (secondary N) is 1. The van der Waals surface area contributed by atoms with E-state index < -0.39 is 28.6 Å². The minimum absolute atomic E-state index is 0.0964. The number of benzene rings is 2. The number of halogens is 1.